The van der Waals surface area contributed by atoms with E-state index in [-0.39, 0.29) is 11.8 Å². The Labute approximate surface area is 172 Å². The zero-order valence-corrected chi connectivity index (χ0v) is 17.8. The summed E-state index contributed by atoms with van der Waals surface area (Å²) >= 11 is 0. The molecule has 6 heteroatoms. The predicted molar refractivity (Wildman–Crippen MR) is 118 cm³/mol. The molecule has 3 rings (SSSR count). The molecule has 29 heavy (non-hydrogen) atoms. The van der Waals surface area contributed by atoms with Gasteiger partial charge in [0.05, 0.1) is 17.5 Å². The summed E-state index contributed by atoms with van der Waals surface area (Å²) in [5.41, 5.74) is 3.31. The smallest absolute Gasteiger partial charge is 0.259 e. The SMILES string of the molecule is CCN(c1ccc(NC(=O)c2cnn(-c3ccccn3)c2C(C)C)cc1)C(C)C. The van der Waals surface area contributed by atoms with Crippen molar-refractivity contribution in [3.05, 3.63) is 66.1 Å². The number of pyridine rings is 1. The van der Waals surface area contributed by atoms with Crippen molar-refractivity contribution < 1.29 is 4.79 Å². The summed E-state index contributed by atoms with van der Waals surface area (Å²) in [5, 5.41) is 7.43. The van der Waals surface area contributed by atoms with Crippen LogP contribution in [0.2, 0.25) is 0 Å². The van der Waals surface area contributed by atoms with Gasteiger partial charge < -0.3 is 10.2 Å². The number of benzene rings is 1. The lowest BCUT2D eigenvalue weighted by Gasteiger charge is -2.27. The second-order valence-corrected chi connectivity index (χ2v) is 7.58. The Morgan fingerprint density at radius 2 is 1.83 bits per heavy atom. The normalized spacial score (nSPS) is 11.1. The molecule has 6 nitrogen and oxygen atoms in total. The number of aromatic nitrogens is 3. The molecule has 2 aromatic heterocycles. The molecule has 1 N–H and O–H groups in total. The van der Waals surface area contributed by atoms with Gasteiger partial charge in [-0.2, -0.15) is 5.10 Å². The number of rotatable bonds is 7. The van der Waals surface area contributed by atoms with Gasteiger partial charge in [0, 0.05) is 30.2 Å². The van der Waals surface area contributed by atoms with E-state index in [9.17, 15) is 4.79 Å². The van der Waals surface area contributed by atoms with Crippen LogP contribution in [-0.2, 0) is 0 Å². The van der Waals surface area contributed by atoms with Gasteiger partial charge >= 0.3 is 0 Å². The Hall–Kier alpha value is -3.15. The van der Waals surface area contributed by atoms with Crippen molar-refractivity contribution in [2.24, 2.45) is 0 Å². The summed E-state index contributed by atoms with van der Waals surface area (Å²) in [6, 6.07) is 14.0. The minimum Gasteiger partial charge on any atom is -0.369 e. The quantitative estimate of drug-likeness (QED) is 0.624. The van der Waals surface area contributed by atoms with Crippen molar-refractivity contribution in [1.82, 2.24) is 14.8 Å². The Balaban J connectivity index is 1.83. The fraction of sp³-hybridized carbons (Fsp3) is 0.348. The number of hydrogen-bond donors (Lipinski definition) is 1. The molecule has 0 radical (unpaired) electrons. The maximum absolute atomic E-state index is 13.0. The van der Waals surface area contributed by atoms with Crippen molar-refractivity contribution in [3.63, 3.8) is 0 Å². The van der Waals surface area contributed by atoms with E-state index in [2.05, 4.69) is 41.1 Å². The van der Waals surface area contributed by atoms with Gasteiger partial charge in [-0.1, -0.05) is 19.9 Å². The average molecular weight is 392 g/mol. The average Bonchev–Trinajstić information content (AvgIpc) is 3.16. The molecular formula is C23H29N5O. The van der Waals surface area contributed by atoms with Crippen LogP contribution in [0.4, 0.5) is 11.4 Å². The highest BCUT2D eigenvalue weighted by Crippen LogP contribution is 2.24. The molecule has 1 aromatic carbocycles. The number of amides is 1. The molecule has 0 saturated carbocycles. The van der Waals surface area contributed by atoms with Crippen molar-refractivity contribution in [2.75, 3.05) is 16.8 Å². The fourth-order valence-corrected chi connectivity index (χ4v) is 3.53. The molecule has 0 atom stereocenters. The lowest BCUT2D eigenvalue weighted by molar-refractivity contribution is 0.102. The summed E-state index contributed by atoms with van der Waals surface area (Å²) in [6.07, 6.45) is 3.34. The molecule has 0 fully saturated rings. The molecule has 0 saturated heterocycles. The minimum atomic E-state index is -0.167. The molecule has 0 aliphatic rings. The Morgan fingerprint density at radius 1 is 1.10 bits per heavy atom. The number of carbonyl (C=O) groups excluding carboxylic acids is 1. The third kappa shape index (κ3) is 4.47. The minimum absolute atomic E-state index is 0.117. The molecule has 0 unspecified atom stereocenters. The van der Waals surface area contributed by atoms with E-state index in [4.69, 9.17) is 0 Å². The van der Waals surface area contributed by atoms with E-state index in [0.29, 0.717) is 17.4 Å². The van der Waals surface area contributed by atoms with E-state index in [1.165, 1.54) is 0 Å². The third-order valence-electron chi connectivity index (χ3n) is 4.89. The summed E-state index contributed by atoms with van der Waals surface area (Å²) in [5.74, 6) is 0.652. The lowest BCUT2D eigenvalue weighted by atomic mass is 10.1. The van der Waals surface area contributed by atoms with Gasteiger partial charge in [-0.25, -0.2) is 9.67 Å². The summed E-state index contributed by atoms with van der Waals surface area (Å²) < 4.78 is 1.74. The fourth-order valence-electron chi connectivity index (χ4n) is 3.53. The predicted octanol–water partition coefficient (Wildman–Crippen LogP) is 4.88. The van der Waals surface area contributed by atoms with Gasteiger partial charge in [0.1, 0.15) is 0 Å². The van der Waals surface area contributed by atoms with Gasteiger partial charge in [0.2, 0.25) is 0 Å². The van der Waals surface area contributed by atoms with Crippen LogP contribution < -0.4 is 10.2 Å². The molecule has 0 aliphatic heterocycles. The Kier molecular flexibility index (Phi) is 6.32. The first-order valence-electron chi connectivity index (χ1n) is 10.1. The van der Waals surface area contributed by atoms with E-state index in [0.717, 1.165) is 23.6 Å². The van der Waals surface area contributed by atoms with Crippen molar-refractivity contribution in [3.8, 4) is 5.82 Å². The van der Waals surface area contributed by atoms with Gasteiger partial charge in [0.25, 0.3) is 5.91 Å². The Bertz CT molecular complexity index is 945. The molecular weight excluding hydrogens is 362 g/mol. The summed E-state index contributed by atoms with van der Waals surface area (Å²) in [4.78, 5) is 19.6. The van der Waals surface area contributed by atoms with E-state index >= 15 is 0 Å². The highest BCUT2D eigenvalue weighted by molar-refractivity contribution is 6.05. The van der Waals surface area contributed by atoms with Crippen LogP contribution in [-0.4, -0.2) is 33.3 Å². The zero-order valence-electron chi connectivity index (χ0n) is 17.8. The van der Waals surface area contributed by atoms with E-state index < -0.39 is 0 Å². The molecule has 152 valence electrons. The molecule has 0 spiro atoms. The number of nitrogens with zero attached hydrogens (tertiary/aromatic N) is 4. The van der Waals surface area contributed by atoms with Gasteiger partial charge in [-0.3, -0.25) is 4.79 Å². The molecule has 1 amide bonds. The highest BCUT2D eigenvalue weighted by atomic mass is 16.1. The number of hydrogen-bond acceptors (Lipinski definition) is 4. The third-order valence-corrected chi connectivity index (χ3v) is 4.89. The van der Waals surface area contributed by atoms with Gasteiger partial charge in [0.15, 0.2) is 5.82 Å². The van der Waals surface area contributed by atoms with Crippen molar-refractivity contribution in [1.29, 1.82) is 0 Å². The topological polar surface area (TPSA) is 63.1 Å². The molecule has 3 aromatic rings. The first-order chi connectivity index (χ1) is 13.9. The largest absolute Gasteiger partial charge is 0.369 e. The molecule has 0 aliphatic carbocycles. The van der Waals surface area contributed by atoms with Crippen LogP contribution in [0.3, 0.4) is 0 Å². The number of nitrogens with one attached hydrogen (secondary N) is 1. The summed E-state index contributed by atoms with van der Waals surface area (Å²) in [7, 11) is 0. The molecule has 2 heterocycles. The van der Waals surface area contributed by atoms with Crippen LogP contribution in [0.1, 0.15) is 56.6 Å². The first-order valence-corrected chi connectivity index (χ1v) is 10.1. The maximum atomic E-state index is 13.0. The zero-order chi connectivity index (χ0) is 21.0. The highest BCUT2D eigenvalue weighted by Gasteiger charge is 2.21. The first kappa shape index (κ1) is 20.6. The lowest BCUT2D eigenvalue weighted by Crippen LogP contribution is -2.30. The number of carbonyl (C=O) groups is 1. The van der Waals surface area contributed by atoms with Gasteiger partial charge in [-0.15, -0.1) is 0 Å². The van der Waals surface area contributed by atoms with Crippen LogP contribution in [0.25, 0.3) is 5.82 Å². The van der Waals surface area contributed by atoms with Crippen LogP contribution in [0.5, 0.6) is 0 Å². The molecule has 0 bridgehead atoms. The van der Waals surface area contributed by atoms with Crippen LogP contribution >= 0.6 is 0 Å². The van der Waals surface area contributed by atoms with Crippen LogP contribution in [0, 0.1) is 0 Å². The second kappa shape index (κ2) is 8.90. The van der Waals surface area contributed by atoms with Crippen LogP contribution in [0.15, 0.2) is 54.9 Å². The number of anilines is 2. The summed E-state index contributed by atoms with van der Waals surface area (Å²) in [6.45, 7) is 11.5. The van der Waals surface area contributed by atoms with Gasteiger partial charge in [-0.05, 0) is 63.1 Å². The second-order valence-electron chi connectivity index (χ2n) is 7.58. The van der Waals surface area contributed by atoms with E-state index in [1.807, 2.05) is 56.3 Å². The standard InChI is InChI=1S/C23H29N5O/c1-6-27(17(4)5)19-12-10-18(11-13-19)26-23(29)20-15-25-28(22(20)16(2)3)21-9-7-8-14-24-21/h7-17H,6H2,1-5H3,(H,26,29). The van der Waals surface area contributed by atoms with Crippen molar-refractivity contribution >= 4 is 17.3 Å². The van der Waals surface area contributed by atoms with E-state index in [1.54, 1.807) is 17.1 Å². The Morgan fingerprint density at radius 3 is 2.38 bits per heavy atom. The maximum Gasteiger partial charge on any atom is 0.259 e. The van der Waals surface area contributed by atoms with Crippen molar-refractivity contribution in [2.45, 2.75) is 46.6 Å². The monoisotopic (exact) mass is 391 g/mol.